The first-order valence-corrected chi connectivity index (χ1v) is 11.1. The van der Waals surface area contributed by atoms with Gasteiger partial charge in [0, 0.05) is 35.3 Å². The van der Waals surface area contributed by atoms with E-state index in [9.17, 15) is 4.79 Å². The minimum atomic E-state index is -0.540. The third kappa shape index (κ3) is 4.63. The Hall–Kier alpha value is -2.36. The summed E-state index contributed by atoms with van der Waals surface area (Å²) in [7, 11) is 1.32. The number of aromatic nitrogens is 3. The minimum Gasteiger partial charge on any atom is -0.453 e. The lowest BCUT2D eigenvalue weighted by Gasteiger charge is -2.36. The van der Waals surface area contributed by atoms with Gasteiger partial charge in [-0.2, -0.15) is 0 Å². The van der Waals surface area contributed by atoms with E-state index in [0.717, 1.165) is 35.9 Å². The molecule has 3 heterocycles. The number of anilines is 2. The van der Waals surface area contributed by atoms with Gasteiger partial charge in [-0.05, 0) is 48.7 Å². The van der Waals surface area contributed by atoms with Gasteiger partial charge in [0.25, 0.3) is 0 Å². The van der Waals surface area contributed by atoms with Gasteiger partial charge in [0.1, 0.15) is 0 Å². The van der Waals surface area contributed by atoms with Crippen LogP contribution in [0.15, 0.2) is 29.0 Å². The van der Waals surface area contributed by atoms with Crippen molar-refractivity contribution in [3.63, 3.8) is 0 Å². The van der Waals surface area contributed by atoms with Gasteiger partial charge in [0.2, 0.25) is 5.95 Å². The van der Waals surface area contributed by atoms with Crippen molar-refractivity contribution >= 4 is 56.2 Å². The Bertz CT molecular complexity index is 1120. The quantitative estimate of drug-likeness (QED) is 0.389. The summed E-state index contributed by atoms with van der Waals surface area (Å²) < 4.78 is 5.38. The average Bonchev–Trinajstić information content (AvgIpc) is 3.17. The summed E-state index contributed by atoms with van der Waals surface area (Å²) in [5.74, 6) is 0.545. The van der Waals surface area contributed by atoms with E-state index in [-0.39, 0.29) is 11.6 Å². The molecule has 1 saturated heterocycles. The molecule has 1 amide bonds. The molecular weight excluding hydrogens is 484 g/mol. The lowest BCUT2D eigenvalue weighted by Crippen LogP contribution is -2.50. The number of amides is 1. The number of hydrogen-bond donors (Lipinski definition) is 4. The summed E-state index contributed by atoms with van der Waals surface area (Å²) in [5.41, 5.74) is 3.04. The Kier molecular flexibility index (Phi) is 6.09. The topological polar surface area (TPSA) is 104 Å². The number of hydrogen-bond acceptors (Lipinski definition) is 6. The molecule has 0 radical (unpaired) electrons. The summed E-state index contributed by atoms with van der Waals surface area (Å²) in [6, 6.07) is 3.95. The molecule has 1 aliphatic heterocycles. The van der Waals surface area contributed by atoms with E-state index in [4.69, 9.17) is 16.6 Å². The van der Waals surface area contributed by atoms with Gasteiger partial charge in [-0.3, -0.25) is 5.32 Å². The second-order valence-electron chi connectivity index (χ2n) is 8.20. The van der Waals surface area contributed by atoms with E-state index < -0.39 is 6.09 Å². The van der Waals surface area contributed by atoms with Crippen molar-refractivity contribution in [1.29, 1.82) is 0 Å². The Morgan fingerprint density at radius 1 is 1.39 bits per heavy atom. The zero-order chi connectivity index (χ0) is 22.2. The number of carbonyl (C=O) groups excluding carboxylic acids is 1. The molecule has 10 heteroatoms. The molecule has 1 aliphatic rings. The zero-order valence-corrected chi connectivity index (χ0v) is 19.8. The lowest BCUT2D eigenvalue weighted by atomic mass is 9.91. The molecule has 164 valence electrons. The maximum atomic E-state index is 11.6. The minimum absolute atomic E-state index is 0.156. The van der Waals surface area contributed by atoms with Crippen LogP contribution in [0.25, 0.3) is 22.2 Å². The number of halogens is 2. The Morgan fingerprint density at radius 3 is 2.90 bits per heavy atom. The van der Waals surface area contributed by atoms with E-state index in [1.54, 1.807) is 12.3 Å². The highest BCUT2D eigenvalue weighted by molar-refractivity contribution is 9.10. The molecular formula is C21H24BrClN6O2. The lowest BCUT2D eigenvalue weighted by molar-refractivity contribution is 0.187. The molecule has 4 rings (SSSR count). The van der Waals surface area contributed by atoms with E-state index in [1.165, 1.54) is 7.11 Å². The van der Waals surface area contributed by atoms with Crippen LogP contribution in [0.5, 0.6) is 0 Å². The highest BCUT2D eigenvalue weighted by Crippen LogP contribution is 2.38. The molecule has 0 bridgehead atoms. The largest absolute Gasteiger partial charge is 0.453 e. The van der Waals surface area contributed by atoms with Gasteiger partial charge in [0.05, 0.1) is 39.7 Å². The molecule has 0 unspecified atom stereocenters. The number of aromatic amines is 1. The highest BCUT2D eigenvalue weighted by atomic mass is 79.9. The van der Waals surface area contributed by atoms with Crippen molar-refractivity contribution < 1.29 is 9.53 Å². The summed E-state index contributed by atoms with van der Waals surface area (Å²) in [4.78, 5) is 23.9. The fourth-order valence-corrected chi connectivity index (χ4v) is 4.43. The molecule has 4 N–H and O–H groups in total. The van der Waals surface area contributed by atoms with Crippen molar-refractivity contribution in [2.24, 2.45) is 0 Å². The van der Waals surface area contributed by atoms with Gasteiger partial charge in [-0.1, -0.05) is 17.7 Å². The molecule has 3 aromatic rings. The van der Waals surface area contributed by atoms with E-state index in [2.05, 4.69) is 60.4 Å². The van der Waals surface area contributed by atoms with Crippen LogP contribution in [0, 0.1) is 0 Å². The van der Waals surface area contributed by atoms with Crippen molar-refractivity contribution in [3.05, 3.63) is 34.0 Å². The maximum absolute atomic E-state index is 11.6. The number of benzene rings is 1. The Labute approximate surface area is 193 Å². The Morgan fingerprint density at radius 2 is 2.19 bits per heavy atom. The fraction of sp³-hybridized carbons (Fsp3) is 0.381. The van der Waals surface area contributed by atoms with Crippen LogP contribution in [-0.4, -0.2) is 46.3 Å². The van der Waals surface area contributed by atoms with Crippen molar-refractivity contribution in [3.8, 4) is 11.3 Å². The van der Waals surface area contributed by atoms with Crippen LogP contribution < -0.4 is 16.0 Å². The standard InChI is InChI=1S/C21H24BrClN6O2/c1-21(2)7-6-11(8-26-21)27-19-25-10-14(23)17(29-19)13-9-24-18-12(13)4-5-15(16(18)22)28-20(30)31-3/h4-5,9-11,24,26H,6-8H2,1-3H3,(H,28,30)(H,25,27,29)/t11-/m0/s1. The van der Waals surface area contributed by atoms with Crippen LogP contribution in [0.2, 0.25) is 5.02 Å². The molecule has 0 aliphatic carbocycles. The molecule has 1 aromatic carbocycles. The first-order chi connectivity index (χ1) is 14.8. The predicted molar refractivity (Wildman–Crippen MR) is 127 cm³/mol. The first-order valence-electron chi connectivity index (χ1n) is 9.96. The number of H-pyrrole nitrogens is 1. The Balaban J connectivity index is 1.63. The molecule has 8 nitrogen and oxygen atoms in total. The van der Waals surface area contributed by atoms with Crippen LogP contribution in [-0.2, 0) is 4.74 Å². The third-order valence-corrected chi connectivity index (χ3v) is 6.59. The number of piperidine rings is 1. The molecule has 31 heavy (non-hydrogen) atoms. The zero-order valence-electron chi connectivity index (χ0n) is 17.5. The number of nitrogens with one attached hydrogen (secondary N) is 4. The summed E-state index contributed by atoms with van der Waals surface area (Å²) in [5, 5.41) is 11.0. The van der Waals surface area contributed by atoms with Crippen molar-refractivity contribution in [2.75, 3.05) is 24.3 Å². The third-order valence-electron chi connectivity index (χ3n) is 5.49. The summed E-state index contributed by atoms with van der Waals surface area (Å²) in [6.45, 7) is 5.27. The van der Waals surface area contributed by atoms with Crippen molar-refractivity contribution in [2.45, 2.75) is 38.3 Å². The highest BCUT2D eigenvalue weighted by Gasteiger charge is 2.26. The normalized spacial score (nSPS) is 18.0. The van der Waals surface area contributed by atoms with E-state index >= 15 is 0 Å². The number of rotatable bonds is 4. The summed E-state index contributed by atoms with van der Waals surface area (Å²) in [6.07, 6.45) is 5.04. The fourth-order valence-electron chi connectivity index (χ4n) is 3.67. The number of methoxy groups -OCH3 is 1. The molecule has 1 atom stereocenters. The molecule has 0 saturated carbocycles. The van der Waals surface area contributed by atoms with Crippen LogP contribution in [0.4, 0.5) is 16.4 Å². The number of carbonyl (C=O) groups is 1. The first kappa shape index (κ1) is 21.9. The van der Waals surface area contributed by atoms with Gasteiger partial charge >= 0.3 is 6.09 Å². The van der Waals surface area contributed by atoms with E-state index in [1.807, 2.05) is 12.3 Å². The number of ether oxygens (including phenoxy) is 1. The van der Waals surface area contributed by atoms with Gasteiger partial charge < -0.3 is 20.4 Å². The second kappa shape index (κ2) is 8.64. The SMILES string of the molecule is COC(=O)Nc1ccc2c(-c3nc(N[C@H]4CCC(C)(C)NC4)ncc3Cl)c[nH]c2c1Br. The molecule has 2 aromatic heterocycles. The van der Waals surface area contributed by atoms with Crippen LogP contribution in [0.1, 0.15) is 26.7 Å². The predicted octanol–water partition coefficient (Wildman–Crippen LogP) is 5.16. The number of nitrogens with zero attached hydrogens (tertiary/aromatic N) is 2. The maximum Gasteiger partial charge on any atom is 0.411 e. The van der Waals surface area contributed by atoms with Gasteiger partial charge in [0.15, 0.2) is 0 Å². The smallest absolute Gasteiger partial charge is 0.411 e. The van der Waals surface area contributed by atoms with E-state index in [0.29, 0.717) is 26.8 Å². The van der Waals surface area contributed by atoms with Gasteiger partial charge in [-0.25, -0.2) is 14.8 Å². The number of fused-ring (bicyclic) bond motifs is 1. The molecule has 0 spiro atoms. The monoisotopic (exact) mass is 506 g/mol. The average molecular weight is 508 g/mol. The summed E-state index contributed by atoms with van der Waals surface area (Å²) >= 11 is 10.0. The van der Waals surface area contributed by atoms with Crippen LogP contribution in [0.3, 0.4) is 0 Å². The van der Waals surface area contributed by atoms with Crippen molar-refractivity contribution in [1.82, 2.24) is 20.3 Å². The second-order valence-corrected chi connectivity index (χ2v) is 9.40. The van der Waals surface area contributed by atoms with Crippen LogP contribution >= 0.6 is 27.5 Å². The van der Waals surface area contributed by atoms with Gasteiger partial charge in [-0.15, -0.1) is 0 Å². The molecule has 1 fully saturated rings.